The van der Waals surface area contributed by atoms with Crippen molar-refractivity contribution in [3.63, 3.8) is 0 Å². The molecule has 0 aromatic heterocycles. The molecule has 3 unspecified atom stereocenters. The lowest BCUT2D eigenvalue weighted by Gasteiger charge is -2.46. The van der Waals surface area contributed by atoms with Crippen LogP contribution in [0.15, 0.2) is 29.0 Å². The monoisotopic (exact) mass is 468 g/mol. The third-order valence-electron chi connectivity index (χ3n) is 6.46. The van der Waals surface area contributed by atoms with E-state index in [1.54, 1.807) is 0 Å². The molecule has 1 fully saturated rings. The molecule has 1 aromatic rings. The first-order valence-corrected chi connectivity index (χ1v) is 10.2. The van der Waals surface area contributed by atoms with Gasteiger partial charge in [0, 0.05) is 17.9 Å². The number of primary amides is 1. The second-order valence-corrected chi connectivity index (χ2v) is 8.31. The summed E-state index contributed by atoms with van der Waals surface area (Å²) < 4.78 is 4.69. The van der Waals surface area contributed by atoms with Crippen LogP contribution in [0.4, 0.5) is 10.5 Å². The number of terminal acetylenes is 1. The molecule has 0 bridgehead atoms. The van der Waals surface area contributed by atoms with Crippen LogP contribution in [0.5, 0.6) is 5.75 Å². The molecule has 1 saturated carbocycles. The van der Waals surface area contributed by atoms with Crippen LogP contribution in [-0.2, 0) is 25.5 Å². The number of phenolic OH excluding ortho intramolecular Hbond substituents is 1. The number of aromatic hydroxyl groups is 1. The van der Waals surface area contributed by atoms with Crippen LogP contribution >= 0.6 is 0 Å². The highest BCUT2D eigenvalue weighted by atomic mass is 16.5. The van der Waals surface area contributed by atoms with E-state index in [1.165, 1.54) is 12.1 Å². The second-order valence-electron chi connectivity index (χ2n) is 8.31. The van der Waals surface area contributed by atoms with Gasteiger partial charge in [-0.1, -0.05) is 12.0 Å². The van der Waals surface area contributed by atoms with E-state index >= 15 is 0 Å². The number of anilines is 1. The van der Waals surface area contributed by atoms with Gasteiger partial charge in [-0.25, -0.2) is 4.79 Å². The van der Waals surface area contributed by atoms with E-state index < -0.39 is 70.3 Å². The summed E-state index contributed by atoms with van der Waals surface area (Å²) in [5.74, 6) is -5.12. The van der Waals surface area contributed by atoms with Crippen LogP contribution in [0.3, 0.4) is 0 Å². The largest absolute Gasteiger partial charge is 0.508 e. The number of phenols is 1. The van der Waals surface area contributed by atoms with Gasteiger partial charge >= 0.3 is 6.09 Å². The van der Waals surface area contributed by atoms with Crippen molar-refractivity contribution in [1.29, 1.82) is 0 Å². The van der Waals surface area contributed by atoms with Crippen LogP contribution in [0.25, 0.3) is 5.76 Å². The number of aliphatic hydroxyl groups excluding tert-OH is 2. The van der Waals surface area contributed by atoms with Gasteiger partial charge in [-0.3, -0.25) is 19.7 Å². The van der Waals surface area contributed by atoms with Gasteiger partial charge in [-0.2, -0.15) is 0 Å². The predicted molar refractivity (Wildman–Crippen MR) is 115 cm³/mol. The maximum absolute atomic E-state index is 13.4. The van der Waals surface area contributed by atoms with E-state index in [2.05, 4.69) is 16.0 Å². The maximum Gasteiger partial charge on any atom is 0.412 e. The smallest absolute Gasteiger partial charge is 0.412 e. The topological polar surface area (TPSA) is 196 Å². The lowest BCUT2D eigenvalue weighted by atomic mass is 9.59. The molecule has 3 atom stereocenters. The first-order valence-electron chi connectivity index (χ1n) is 10.2. The van der Waals surface area contributed by atoms with Crippen molar-refractivity contribution < 1.29 is 44.3 Å². The summed E-state index contributed by atoms with van der Waals surface area (Å²) in [6.45, 7) is -0.310. The van der Waals surface area contributed by atoms with Gasteiger partial charge in [0.25, 0.3) is 5.91 Å². The molecule has 3 aliphatic carbocycles. The molecule has 0 saturated heterocycles. The first kappa shape index (κ1) is 22.9. The van der Waals surface area contributed by atoms with Crippen LogP contribution in [0.2, 0.25) is 0 Å². The number of carbonyl (C=O) groups is 4. The quantitative estimate of drug-likeness (QED) is 0.209. The molecule has 0 aliphatic heterocycles. The van der Waals surface area contributed by atoms with Crippen molar-refractivity contribution in [2.45, 2.75) is 24.9 Å². The van der Waals surface area contributed by atoms with Gasteiger partial charge in [0.2, 0.25) is 5.78 Å². The Morgan fingerprint density at radius 3 is 2.59 bits per heavy atom. The number of hydrogen-bond donors (Lipinski definition) is 6. The summed E-state index contributed by atoms with van der Waals surface area (Å²) >= 11 is 0. The fraction of sp³-hybridized carbons (Fsp3) is 0.304. The number of amides is 2. The minimum Gasteiger partial charge on any atom is -0.508 e. The van der Waals surface area contributed by atoms with E-state index in [-0.39, 0.29) is 36.3 Å². The number of Topliss-reactive ketones (excluding diaryl/α,β-unsaturated/α-hetero) is 2. The van der Waals surface area contributed by atoms with Gasteiger partial charge in [-0.15, -0.1) is 6.42 Å². The molecule has 2 amide bonds. The van der Waals surface area contributed by atoms with Gasteiger partial charge in [0.05, 0.1) is 11.3 Å². The van der Waals surface area contributed by atoms with E-state index in [9.17, 15) is 39.6 Å². The van der Waals surface area contributed by atoms with Crippen LogP contribution in [-0.4, -0.2) is 56.2 Å². The van der Waals surface area contributed by atoms with Gasteiger partial charge < -0.3 is 30.9 Å². The van der Waals surface area contributed by atoms with Crippen molar-refractivity contribution in [3.05, 3.63) is 40.2 Å². The number of nitrogens with one attached hydrogen (secondary N) is 1. The normalized spacial score (nSPS) is 25.6. The fourth-order valence-corrected chi connectivity index (χ4v) is 4.95. The highest BCUT2D eigenvalue weighted by Crippen LogP contribution is 2.52. The summed E-state index contributed by atoms with van der Waals surface area (Å²) in [5, 5.41) is 45.7. The van der Waals surface area contributed by atoms with Crippen molar-refractivity contribution in [2.75, 3.05) is 11.9 Å². The average Bonchev–Trinajstić information content (AvgIpc) is 2.76. The Kier molecular flexibility index (Phi) is 5.34. The predicted octanol–water partition coefficient (Wildman–Crippen LogP) is 0.606. The first-order chi connectivity index (χ1) is 16.0. The Morgan fingerprint density at radius 1 is 1.24 bits per heavy atom. The summed E-state index contributed by atoms with van der Waals surface area (Å²) in [6.07, 6.45) is 3.86. The summed E-state index contributed by atoms with van der Waals surface area (Å²) in [5.41, 5.74) is 1.54. The molecular weight excluding hydrogens is 448 g/mol. The zero-order valence-corrected chi connectivity index (χ0v) is 17.6. The molecule has 34 heavy (non-hydrogen) atoms. The minimum absolute atomic E-state index is 0.0299. The van der Waals surface area contributed by atoms with Crippen molar-refractivity contribution >= 4 is 35.0 Å². The Labute approximate surface area is 192 Å². The number of carbonyl (C=O) groups excluding carboxylic acids is 4. The van der Waals surface area contributed by atoms with Crippen molar-refractivity contribution in [2.24, 2.45) is 17.6 Å². The number of fused-ring (bicyclic) bond motifs is 3. The lowest BCUT2D eigenvalue weighted by molar-refractivity contribution is -0.147. The number of rotatable bonds is 3. The Bertz CT molecular complexity index is 1270. The molecule has 7 N–H and O–H groups in total. The average molecular weight is 468 g/mol. The molecule has 0 heterocycles. The SMILES string of the molecule is C#CCOC(=O)Nc1ccc2c(c1O)C(O)=C1C(=O)C3(O)C(O)=C(C(N)=O)C(=O)CC3CC1C2. The molecule has 0 radical (unpaired) electrons. The minimum atomic E-state index is -2.64. The molecule has 176 valence electrons. The molecular formula is C23H20N2O9. The van der Waals surface area contributed by atoms with Gasteiger partial charge in [0.15, 0.2) is 18.0 Å². The number of ether oxygens (including phenoxy) is 1. The molecule has 4 rings (SSSR count). The number of ketones is 2. The van der Waals surface area contributed by atoms with Gasteiger partial charge in [0.1, 0.15) is 22.8 Å². The van der Waals surface area contributed by atoms with E-state index in [1.807, 2.05) is 0 Å². The molecule has 3 aliphatic rings. The molecule has 11 nitrogen and oxygen atoms in total. The molecule has 11 heteroatoms. The number of nitrogens with two attached hydrogens (primary N) is 1. The van der Waals surface area contributed by atoms with Crippen LogP contribution < -0.4 is 11.1 Å². The van der Waals surface area contributed by atoms with E-state index in [0.29, 0.717) is 5.56 Å². The number of benzene rings is 1. The summed E-state index contributed by atoms with van der Waals surface area (Å²) in [7, 11) is 0. The molecule has 0 spiro atoms. The van der Waals surface area contributed by atoms with Crippen molar-refractivity contribution in [1.82, 2.24) is 0 Å². The zero-order valence-electron chi connectivity index (χ0n) is 17.6. The Hall–Kier alpha value is -4.30. The van der Waals surface area contributed by atoms with Crippen molar-refractivity contribution in [3.8, 4) is 18.1 Å². The van der Waals surface area contributed by atoms with Gasteiger partial charge in [-0.05, 0) is 30.4 Å². The fourth-order valence-electron chi connectivity index (χ4n) is 4.95. The third-order valence-corrected chi connectivity index (χ3v) is 6.46. The van der Waals surface area contributed by atoms with E-state index in [4.69, 9.17) is 12.2 Å². The van der Waals surface area contributed by atoms with E-state index in [0.717, 1.165) is 0 Å². The summed E-state index contributed by atoms with van der Waals surface area (Å²) in [6, 6.07) is 2.90. The van der Waals surface area contributed by atoms with Crippen LogP contribution in [0, 0.1) is 24.2 Å². The second kappa shape index (κ2) is 7.93. The Balaban J connectivity index is 1.80. The summed E-state index contributed by atoms with van der Waals surface area (Å²) in [4.78, 5) is 49.2. The molecule has 1 aromatic carbocycles. The zero-order chi connectivity index (χ0) is 24.9. The highest BCUT2D eigenvalue weighted by molar-refractivity contribution is 6.22. The number of hydrogen-bond acceptors (Lipinski definition) is 9. The van der Waals surface area contributed by atoms with Crippen LogP contribution in [0.1, 0.15) is 24.0 Å². The lowest BCUT2D eigenvalue weighted by Crippen LogP contribution is -2.58. The highest BCUT2D eigenvalue weighted by Gasteiger charge is 2.60. The standard InChI is InChI=1S/C23H20N2O9/c1-2-5-34-22(32)25-12-4-3-9-6-10-7-11-8-13(26)16(21(24)31)20(30)23(11,33)19(29)15(10)18(28)14(9)17(12)27/h1,3-4,10-11,27-28,30,33H,5-8H2,(H2,24,31)(H,25,32). The third kappa shape index (κ3) is 3.19. The number of aliphatic hydroxyl groups is 3. The maximum atomic E-state index is 13.4. The Morgan fingerprint density at radius 2 is 1.94 bits per heavy atom.